The first kappa shape index (κ1) is 55.5. The van der Waals surface area contributed by atoms with E-state index in [4.69, 9.17) is 38.8 Å². The molecule has 0 saturated carbocycles. The second-order valence-electron chi connectivity index (χ2n) is 15.2. The molecule has 8 aromatic rings. The minimum atomic E-state index is -2.97. The zero-order valence-corrected chi connectivity index (χ0v) is 47.7. The van der Waals surface area contributed by atoms with Crippen LogP contribution < -0.4 is 38.9 Å². The number of rotatable bonds is 6. The molecule has 8 aromatic carbocycles. The molecule has 12 heteroatoms. The number of fused-ring (bicyclic) bond motifs is 4. The van der Waals surface area contributed by atoms with Crippen molar-refractivity contribution in [2.75, 3.05) is 67.4 Å². The van der Waals surface area contributed by atoms with Gasteiger partial charge in [-0.2, -0.15) is 0 Å². The van der Waals surface area contributed by atoms with Crippen LogP contribution in [-0.2, 0) is 30.3 Å². The van der Waals surface area contributed by atoms with Crippen LogP contribution in [0.1, 0.15) is 0 Å². The molecular formula is C50H56Cl5NP4Ru2. The van der Waals surface area contributed by atoms with E-state index in [1.807, 2.05) is 19.4 Å². The number of benzene rings is 8. The van der Waals surface area contributed by atoms with Gasteiger partial charge in [0, 0.05) is 19.5 Å². The van der Waals surface area contributed by atoms with Crippen LogP contribution in [0.2, 0.25) is 0 Å². The summed E-state index contributed by atoms with van der Waals surface area (Å²) in [5, 5.41) is 18.9. The third-order valence-corrected chi connectivity index (χ3v) is 15.4. The summed E-state index contributed by atoms with van der Waals surface area (Å²) in [6.45, 7) is 19.0. The maximum Gasteiger partial charge on any atom is 0 e. The quantitative estimate of drug-likeness (QED) is 0.126. The van der Waals surface area contributed by atoms with Crippen molar-refractivity contribution in [1.29, 1.82) is 0 Å². The normalized spacial score (nSPS) is 11.4. The fourth-order valence-corrected chi connectivity index (χ4v) is 11.8. The third-order valence-electron chi connectivity index (χ3n) is 10.1. The second kappa shape index (κ2) is 25.9. The Labute approximate surface area is 414 Å². The minimum absolute atomic E-state index is 0. The molecule has 0 heterocycles. The molecule has 0 aromatic heterocycles. The predicted molar refractivity (Wildman–Crippen MR) is 285 cm³/mol. The summed E-state index contributed by atoms with van der Waals surface area (Å²) in [6.07, 6.45) is 0. The van der Waals surface area contributed by atoms with Crippen molar-refractivity contribution in [2.45, 2.75) is 0 Å². The molecule has 8 rings (SSSR count). The minimum Gasteiger partial charge on any atom is 0 e. The Morgan fingerprint density at radius 2 is 0.500 bits per heavy atom. The van der Waals surface area contributed by atoms with Gasteiger partial charge in [0.25, 0.3) is 0 Å². The summed E-state index contributed by atoms with van der Waals surface area (Å²) in [5.41, 5.74) is 5.84. The number of quaternary nitrogens is 1. The Hall–Kier alpha value is -0.823. The molecule has 0 atom stereocenters. The zero-order valence-electron chi connectivity index (χ0n) is 36.8. The summed E-state index contributed by atoms with van der Waals surface area (Å²) in [4.78, 5) is 0. The van der Waals surface area contributed by atoms with Crippen molar-refractivity contribution in [3.8, 4) is 22.3 Å². The van der Waals surface area contributed by atoms with Gasteiger partial charge in [-0.15, -0.1) is 0 Å². The van der Waals surface area contributed by atoms with E-state index in [2.05, 4.69) is 199 Å². The fourth-order valence-electron chi connectivity index (χ4n) is 7.58. The van der Waals surface area contributed by atoms with Crippen molar-refractivity contribution in [2.24, 2.45) is 0 Å². The van der Waals surface area contributed by atoms with E-state index >= 15 is 0 Å². The molecule has 0 aliphatic rings. The molecule has 0 fully saturated rings. The van der Waals surface area contributed by atoms with Crippen molar-refractivity contribution in [3.05, 3.63) is 146 Å². The number of hydrogen-bond acceptors (Lipinski definition) is 0. The molecule has 0 bridgehead atoms. The molecule has 0 unspecified atom stereocenters. The fraction of sp³-hybridized carbons (Fsp3) is 0.200. The SMILES string of the molecule is CP(C)c1ccc2ccccc2c1-c1c(P(C)C)ccc2ccccc12.CP(C)c1ccc2ccccc2c1-c1c(P(C)C)ccc2ccccc12.C[NH2+]C.[Cl-].[Cl][Ru]([Cl])([Cl])[Cl].[Ru]. The molecule has 332 valence electrons. The zero-order chi connectivity index (χ0) is 43.7. The van der Waals surface area contributed by atoms with E-state index in [0.717, 1.165) is 0 Å². The van der Waals surface area contributed by atoms with Gasteiger partial charge in [0.05, 0.1) is 14.1 Å². The van der Waals surface area contributed by atoms with E-state index in [-0.39, 0.29) is 63.6 Å². The second-order valence-corrected chi connectivity index (χ2v) is 40.1. The van der Waals surface area contributed by atoms with Crippen LogP contribution in [0, 0.1) is 0 Å². The number of hydrogen-bond donors (Lipinski definition) is 1. The van der Waals surface area contributed by atoms with Crippen molar-refractivity contribution < 1.29 is 48.0 Å². The van der Waals surface area contributed by atoms with Crippen LogP contribution in [0.15, 0.2) is 146 Å². The van der Waals surface area contributed by atoms with Gasteiger partial charge in [0.1, 0.15) is 0 Å². The Bertz CT molecular complexity index is 2340. The van der Waals surface area contributed by atoms with Crippen LogP contribution in [0.5, 0.6) is 0 Å². The van der Waals surface area contributed by atoms with Gasteiger partial charge in [-0.05, 0) is 140 Å². The Balaban J connectivity index is 0.000000274. The average molecular weight is 1170 g/mol. The topological polar surface area (TPSA) is 16.6 Å². The molecule has 0 aliphatic heterocycles. The van der Waals surface area contributed by atoms with Crippen LogP contribution in [-0.4, -0.2) is 67.4 Å². The van der Waals surface area contributed by atoms with Gasteiger partial charge >= 0.3 is 49.6 Å². The van der Waals surface area contributed by atoms with Crippen LogP contribution in [0.3, 0.4) is 0 Å². The predicted octanol–water partition coefficient (Wildman–Crippen LogP) is 11.4. The van der Waals surface area contributed by atoms with Crippen molar-refractivity contribution >= 4 is 135 Å². The van der Waals surface area contributed by atoms with Crippen molar-refractivity contribution in [1.82, 2.24) is 0 Å². The van der Waals surface area contributed by atoms with Crippen LogP contribution in [0.25, 0.3) is 65.3 Å². The third kappa shape index (κ3) is 14.1. The summed E-state index contributed by atoms with van der Waals surface area (Å²) < 4.78 is 0. The van der Waals surface area contributed by atoms with E-state index < -0.39 is 10.8 Å². The first-order chi connectivity index (χ1) is 28.6. The smallest absolute Gasteiger partial charge is 0 e. The molecule has 2 N–H and O–H groups in total. The summed E-state index contributed by atoms with van der Waals surface area (Å²) in [6, 6.07) is 54.0. The molecule has 1 nitrogen and oxygen atoms in total. The van der Waals surface area contributed by atoms with Gasteiger partial charge in [-0.25, -0.2) is 0 Å². The first-order valence-corrected chi connectivity index (χ1v) is 37.5. The molecule has 0 saturated heterocycles. The van der Waals surface area contributed by atoms with Crippen molar-refractivity contribution in [3.63, 3.8) is 0 Å². The standard InChI is InChI=1S/2C24H24P2.C2H7N.5ClH.2Ru/c2*1-25(2)21-15-13-17-9-5-7-11-19(17)23(21)24-20-12-8-6-10-18(20)14-16-22(24)26(3)4;1-3-2;;;;;;;/h2*5-16H,1-4H3;3H,1-2H3;5*1H;;/q;;;;;;;;;+4/p-4. The Morgan fingerprint density at radius 1 is 0.339 bits per heavy atom. The molecule has 0 radical (unpaired) electrons. The van der Waals surface area contributed by atoms with Gasteiger partial charge in [0.2, 0.25) is 0 Å². The molecule has 0 spiro atoms. The first-order valence-electron chi connectivity index (χ1n) is 19.6. The van der Waals surface area contributed by atoms with Gasteiger partial charge in [0.15, 0.2) is 0 Å². The monoisotopic (exact) mass is 1170 g/mol. The molecular weight excluding hydrogens is 1120 g/mol. The van der Waals surface area contributed by atoms with E-state index in [0.29, 0.717) is 0 Å². The average Bonchev–Trinajstić information content (AvgIpc) is 3.21. The summed E-state index contributed by atoms with van der Waals surface area (Å²) in [7, 11) is 20.2. The number of nitrogens with two attached hydrogens (primary N) is 1. The summed E-state index contributed by atoms with van der Waals surface area (Å²) in [5.74, 6) is 0. The molecule has 62 heavy (non-hydrogen) atoms. The van der Waals surface area contributed by atoms with E-state index in [9.17, 15) is 0 Å². The van der Waals surface area contributed by atoms with Gasteiger partial charge < -0.3 is 17.7 Å². The number of halogens is 5. The molecule has 0 amide bonds. The maximum atomic E-state index is 5.00. The molecule has 0 aliphatic carbocycles. The van der Waals surface area contributed by atoms with Gasteiger partial charge in [-0.3, -0.25) is 0 Å². The Morgan fingerprint density at radius 3 is 0.661 bits per heavy atom. The maximum absolute atomic E-state index is 5.00. The van der Waals surface area contributed by atoms with E-state index in [1.54, 1.807) is 0 Å². The van der Waals surface area contributed by atoms with E-state index in [1.165, 1.54) is 86.6 Å². The van der Waals surface area contributed by atoms with Crippen LogP contribution >= 0.6 is 70.5 Å². The summed E-state index contributed by atoms with van der Waals surface area (Å²) >= 11 is 0. The largest absolute Gasteiger partial charge is 0 e. The Kier molecular flexibility index (Phi) is 23.2. The van der Waals surface area contributed by atoms with Gasteiger partial charge in [-0.1, -0.05) is 177 Å². The van der Waals surface area contributed by atoms with Crippen LogP contribution in [0.4, 0.5) is 0 Å².